The molecule has 7 nitrogen and oxygen atoms in total. The zero-order valence-electron chi connectivity index (χ0n) is 10.6. The van der Waals surface area contributed by atoms with Crippen molar-refractivity contribution in [2.24, 2.45) is 0 Å². The van der Waals surface area contributed by atoms with Crippen LogP contribution in [-0.4, -0.2) is 20.6 Å². The Labute approximate surface area is 133 Å². The third-order valence-electron chi connectivity index (χ3n) is 2.58. The topological polar surface area (TPSA) is 90.1 Å². The molecule has 0 aliphatic heterocycles. The molecule has 1 aromatic heterocycles. The summed E-state index contributed by atoms with van der Waals surface area (Å²) in [6.45, 7) is 0.251. The molecule has 0 aliphatic carbocycles. The first-order chi connectivity index (χ1) is 9.95. The Bertz CT molecular complexity index is 672. The molecular weight excluding hydrogens is 364 g/mol. The molecule has 0 unspecified atom stereocenters. The normalized spacial score (nSPS) is 10.4. The highest BCUT2D eigenvalue weighted by molar-refractivity contribution is 9.10. The molecule has 1 N–H and O–H groups in total. The van der Waals surface area contributed by atoms with Gasteiger partial charge in [0.1, 0.15) is 11.0 Å². The van der Waals surface area contributed by atoms with Gasteiger partial charge in [-0.25, -0.2) is 0 Å². The summed E-state index contributed by atoms with van der Waals surface area (Å²) in [7, 11) is 0. The molecule has 0 fully saturated rings. The summed E-state index contributed by atoms with van der Waals surface area (Å²) >= 11 is 8.79. The van der Waals surface area contributed by atoms with E-state index < -0.39 is 4.92 Å². The number of nitrogens with zero attached hydrogens (tertiary/aromatic N) is 3. The van der Waals surface area contributed by atoms with Gasteiger partial charge in [0.2, 0.25) is 5.91 Å². The van der Waals surface area contributed by atoms with Crippen molar-refractivity contribution in [3.05, 3.63) is 55.6 Å². The van der Waals surface area contributed by atoms with Gasteiger partial charge in [-0.2, -0.15) is 4.68 Å². The first-order valence-electron chi connectivity index (χ1n) is 5.84. The molecule has 2 rings (SSSR count). The van der Waals surface area contributed by atoms with Crippen molar-refractivity contribution in [1.82, 2.24) is 15.1 Å². The van der Waals surface area contributed by atoms with E-state index in [1.807, 2.05) is 0 Å². The molecule has 1 amide bonds. The van der Waals surface area contributed by atoms with Gasteiger partial charge in [-0.15, -0.1) is 0 Å². The lowest BCUT2D eigenvalue weighted by atomic mass is 10.2. The van der Waals surface area contributed by atoms with E-state index in [9.17, 15) is 14.9 Å². The van der Waals surface area contributed by atoms with Crippen molar-refractivity contribution in [3.8, 4) is 0 Å². The van der Waals surface area contributed by atoms with Crippen molar-refractivity contribution in [2.45, 2.75) is 13.1 Å². The van der Waals surface area contributed by atoms with E-state index in [4.69, 9.17) is 11.6 Å². The fraction of sp³-hybridized carbons (Fsp3) is 0.167. The number of aromatic nitrogens is 2. The zero-order valence-corrected chi connectivity index (χ0v) is 13.0. The van der Waals surface area contributed by atoms with Gasteiger partial charge in [-0.3, -0.25) is 4.79 Å². The predicted molar refractivity (Wildman–Crippen MR) is 79.9 cm³/mol. The maximum atomic E-state index is 11.8. The van der Waals surface area contributed by atoms with Crippen LogP contribution in [0.2, 0.25) is 5.02 Å². The van der Waals surface area contributed by atoms with Crippen LogP contribution < -0.4 is 5.32 Å². The van der Waals surface area contributed by atoms with Crippen molar-refractivity contribution in [1.29, 1.82) is 0 Å². The number of benzene rings is 1. The van der Waals surface area contributed by atoms with Crippen molar-refractivity contribution < 1.29 is 9.72 Å². The third kappa shape index (κ3) is 4.27. The molecule has 1 heterocycles. The van der Waals surface area contributed by atoms with Gasteiger partial charge in [-0.1, -0.05) is 23.7 Å². The first-order valence-corrected chi connectivity index (χ1v) is 7.01. The minimum Gasteiger partial charge on any atom is -0.358 e. The standard InChI is InChI=1S/C12H10BrClN4O3/c13-10-6-17(16-12(10)18(20)21)7-11(19)15-5-8-1-3-9(14)4-2-8/h1-4,6H,5,7H2,(H,15,19). The first kappa shape index (κ1) is 15.5. The summed E-state index contributed by atoms with van der Waals surface area (Å²) in [6, 6.07) is 7.07. The summed E-state index contributed by atoms with van der Waals surface area (Å²) in [5.41, 5.74) is 0.903. The highest BCUT2D eigenvalue weighted by Gasteiger charge is 2.19. The second-order valence-electron chi connectivity index (χ2n) is 4.16. The molecule has 0 spiro atoms. The Morgan fingerprint density at radius 3 is 2.67 bits per heavy atom. The van der Waals surface area contributed by atoms with Crippen LogP contribution in [0.1, 0.15) is 5.56 Å². The number of hydrogen-bond donors (Lipinski definition) is 1. The quantitative estimate of drug-likeness (QED) is 0.644. The Morgan fingerprint density at radius 1 is 1.43 bits per heavy atom. The summed E-state index contributed by atoms with van der Waals surface area (Å²) in [5.74, 6) is -0.615. The van der Waals surface area contributed by atoms with Crippen LogP contribution in [0.3, 0.4) is 0 Å². The van der Waals surface area contributed by atoms with Gasteiger partial charge in [0.05, 0.1) is 11.3 Å². The van der Waals surface area contributed by atoms with Gasteiger partial charge in [0, 0.05) is 11.6 Å². The Kier molecular flexibility index (Phi) is 4.92. The van der Waals surface area contributed by atoms with Gasteiger partial charge in [0.15, 0.2) is 0 Å². The fourth-order valence-corrected chi connectivity index (χ4v) is 2.18. The molecule has 0 atom stereocenters. The van der Waals surface area contributed by atoms with Gasteiger partial charge < -0.3 is 15.4 Å². The molecule has 1 aromatic carbocycles. The number of carbonyl (C=O) groups excluding carboxylic acids is 1. The van der Waals surface area contributed by atoms with Crippen LogP contribution in [-0.2, 0) is 17.9 Å². The van der Waals surface area contributed by atoms with Crippen LogP contribution in [0.25, 0.3) is 0 Å². The molecule has 0 bridgehead atoms. The molecule has 0 radical (unpaired) electrons. The molecule has 0 aliphatic rings. The van der Waals surface area contributed by atoms with E-state index in [0.717, 1.165) is 5.56 Å². The third-order valence-corrected chi connectivity index (χ3v) is 3.39. The van der Waals surface area contributed by atoms with Crippen LogP contribution >= 0.6 is 27.5 Å². The molecule has 110 valence electrons. The minimum absolute atomic E-state index is 0.0972. The van der Waals surface area contributed by atoms with E-state index >= 15 is 0 Å². The van der Waals surface area contributed by atoms with Gasteiger partial charge in [-0.05, 0) is 38.5 Å². The Morgan fingerprint density at radius 2 is 2.10 bits per heavy atom. The molecule has 2 aromatic rings. The van der Waals surface area contributed by atoms with E-state index in [2.05, 4.69) is 26.3 Å². The summed E-state index contributed by atoms with van der Waals surface area (Å²) < 4.78 is 1.44. The number of hydrogen-bond acceptors (Lipinski definition) is 4. The van der Waals surface area contributed by atoms with Crippen LogP contribution in [0.15, 0.2) is 34.9 Å². The van der Waals surface area contributed by atoms with E-state index in [0.29, 0.717) is 11.6 Å². The van der Waals surface area contributed by atoms with Crippen LogP contribution in [0.5, 0.6) is 0 Å². The highest BCUT2D eigenvalue weighted by atomic mass is 79.9. The number of halogens is 2. The average Bonchev–Trinajstić information content (AvgIpc) is 2.79. The highest BCUT2D eigenvalue weighted by Crippen LogP contribution is 2.21. The van der Waals surface area contributed by atoms with E-state index in [-0.39, 0.29) is 22.7 Å². The monoisotopic (exact) mass is 372 g/mol. The van der Waals surface area contributed by atoms with Crippen molar-refractivity contribution in [3.63, 3.8) is 0 Å². The second kappa shape index (κ2) is 6.68. The molecule has 0 saturated carbocycles. The summed E-state index contributed by atoms with van der Waals surface area (Å²) in [5, 5.41) is 17.7. The fourth-order valence-electron chi connectivity index (χ4n) is 1.60. The second-order valence-corrected chi connectivity index (χ2v) is 5.45. The number of rotatable bonds is 5. The maximum absolute atomic E-state index is 11.8. The summed E-state index contributed by atoms with van der Waals surface area (Å²) in [6.07, 6.45) is 1.39. The molecule has 9 heteroatoms. The molecule has 21 heavy (non-hydrogen) atoms. The zero-order chi connectivity index (χ0) is 15.4. The largest absolute Gasteiger partial charge is 0.404 e. The minimum atomic E-state index is -0.619. The number of amides is 1. The lowest BCUT2D eigenvalue weighted by Crippen LogP contribution is -2.27. The van der Waals surface area contributed by atoms with Gasteiger partial charge >= 0.3 is 5.82 Å². The van der Waals surface area contributed by atoms with E-state index in [1.54, 1.807) is 24.3 Å². The van der Waals surface area contributed by atoms with Crippen molar-refractivity contribution in [2.75, 3.05) is 0 Å². The smallest absolute Gasteiger partial charge is 0.358 e. The Balaban J connectivity index is 1.91. The summed E-state index contributed by atoms with van der Waals surface area (Å²) in [4.78, 5) is 21.8. The van der Waals surface area contributed by atoms with E-state index in [1.165, 1.54) is 10.9 Å². The average molecular weight is 374 g/mol. The number of nitro groups is 1. The van der Waals surface area contributed by atoms with Crippen LogP contribution in [0.4, 0.5) is 5.82 Å². The molecule has 0 saturated heterocycles. The number of carbonyl (C=O) groups is 1. The Hall–Kier alpha value is -1.93. The van der Waals surface area contributed by atoms with Gasteiger partial charge in [0.25, 0.3) is 0 Å². The lowest BCUT2D eigenvalue weighted by Gasteiger charge is -2.04. The van der Waals surface area contributed by atoms with Crippen molar-refractivity contribution >= 4 is 39.3 Å². The lowest BCUT2D eigenvalue weighted by molar-refractivity contribution is -0.390. The predicted octanol–water partition coefficient (Wildman–Crippen LogP) is 2.52. The van der Waals surface area contributed by atoms with Crippen LogP contribution in [0, 0.1) is 10.1 Å². The number of nitrogens with one attached hydrogen (secondary N) is 1. The molecular formula is C12H10BrClN4O3. The SMILES string of the molecule is O=C(Cn1cc(Br)c([N+](=O)[O-])n1)NCc1ccc(Cl)cc1. The maximum Gasteiger partial charge on any atom is 0.404 e.